The summed E-state index contributed by atoms with van der Waals surface area (Å²) in [6, 6.07) is 0. The van der Waals surface area contributed by atoms with Gasteiger partial charge in [-0.3, -0.25) is 0 Å². The van der Waals surface area contributed by atoms with Crippen molar-refractivity contribution in [3.63, 3.8) is 0 Å². The van der Waals surface area contributed by atoms with Gasteiger partial charge in [-0.05, 0) is 5.92 Å². The third kappa shape index (κ3) is 2.75. The zero-order valence-corrected chi connectivity index (χ0v) is 10.2. The molecule has 3 nitrogen and oxygen atoms in total. The highest BCUT2D eigenvalue weighted by Gasteiger charge is 2.16. The van der Waals surface area contributed by atoms with Crippen LogP contribution in [0.1, 0.15) is 50.6 Å². The average Bonchev–Trinajstić information content (AvgIpc) is 2.31. The van der Waals surface area contributed by atoms with Crippen molar-refractivity contribution in [3.05, 3.63) is 23.3 Å². The van der Waals surface area contributed by atoms with E-state index in [9.17, 15) is 0 Å². The molecule has 2 rings (SSSR count). The molecule has 2 heterocycles. The summed E-state index contributed by atoms with van der Waals surface area (Å²) in [4.78, 5) is 8.65. The highest BCUT2D eigenvalue weighted by molar-refractivity contribution is 5.28. The van der Waals surface area contributed by atoms with Crippen LogP contribution in [-0.2, 0) is 13.0 Å². The van der Waals surface area contributed by atoms with Crippen molar-refractivity contribution < 1.29 is 0 Å². The first-order valence-corrected chi connectivity index (χ1v) is 5.82. The Morgan fingerprint density at radius 2 is 2.00 bits per heavy atom. The molecule has 84 valence electrons. The van der Waals surface area contributed by atoms with E-state index < -0.39 is 0 Å². The molecule has 1 aliphatic heterocycles. The van der Waals surface area contributed by atoms with Gasteiger partial charge >= 0.3 is 0 Å². The van der Waals surface area contributed by atoms with Crippen molar-refractivity contribution in [1.29, 1.82) is 0 Å². The number of nitrogens with zero attached hydrogens (tertiary/aromatic N) is 2. The standard InChI is InChI=1S/C10H15N3.C2H6/c1-7(2)10-8-5-11-4-3-9(8)12-6-13-10;1-2/h6-7,11H,3-5H2,1-2H3;1-2H3. The molecule has 0 fully saturated rings. The van der Waals surface area contributed by atoms with E-state index >= 15 is 0 Å². The number of nitrogens with one attached hydrogen (secondary N) is 1. The quantitative estimate of drug-likeness (QED) is 0.767. The van der Waals surface area contributed by atoms with E-state index in [2.05, 4.69) is 29.1 Å². The van der Waals surface area contributed by atoms with Crippen LogP contribution < -0.4 is 5.32 Å². The maximum atomic E-state index is 4.34. The summed E-state index contributed by atoms with van der Waals surface area (Å²) in [7, 11) is 0. The molecule has 0 saturated heterocycles. The maximum Gasteiger partial charge on any atom is 0.115 e. The van der Waals surface area contributed by atoms with Crippen molar-refractivity contribution in [2.75, 3.05) is 6.54 Å². The summed E-state index contributed by atoms with van der Waals surface area (Å²) in [6.07, 6.45) is 2.73. The third-order valence-corrected chi connectivity index (χ3v) is 2.46. The Balaban J connectivity index is 0.000000531. The van der Waals surface area contributed by atoms with Crippen LogP contribution >= 0.6 is 0 Å². The monoisotopic (exact) mass is 207 g/mol. The first-order valence-electron chi connectivity index (χ1n) is 5.82. The molecule has 15 heavy (non-hydrogen) atoms. The van der Waals surface area contributed by atoms with Crippen LogP contribution in [0.15, 0.2) is 6.33 Å². The summed E-state index contributed by atoms with van der Waals surface area (Å²) in [5.74, 6) is 0.497. The summed E-state index contributed by atoms with van der Waals surface area (Å²) >= 11 is 0. The minimum atomic E-state index is 0.497. The van der Waals surface area contributed by atoms with Crippen molar-refractivity contribution in [2.24, 2.45) is 0 Å². The highest BCUT2D eigenvalue weighted by atomic mass is 14.9. The van der Waals surface area contributed by atoms with Crippen LogP contribution in [0.2, 0.25) is 0 Å². The first-order chi connectivity index (χ1) is 7.29. The molecule has 0 aliphatic carbocycles. The SMILES string of the molecule is CC.CC(C)c1ncnc2c1CNCC2. The van der Waals surface area contributed by atoms with E-state index in [0.29, 0.717) is 5.92 Å². The minimum absolute atomic E-state index is 0.497. The van der Waals surface area contributed by atoms with Gasteiger partial charge in [0.05, 0.1) is 5.69 Å². The van der Waals surface area contributed by atoms with Crippen LogP contribution in [0, 0.1) is 0 Å². The van der Waals surface area contributed by atoms with E-state index in [4.69, 9.17) is 0 Å². The van der Waals surface area contributed by atoms with Crippen LogP contribution in [0.3, 0.4) is 0 Å². The Kier molecular flexibility index (Phi) is 4.69. The van der Waals surface area contributed by atoms with Crippen LogP contribution in [-0.4, -0.2) is 16.5 Å². The van der Waals surface area contributed by atoms with Crippen molar-refractivity contribution in [1.82, 2.24) is 15.3 Å². The maximum absolute atomic E-state index is 4.34. The Morgan fingerprint density at radius 3 is 2.67 bits per heavy atom. The Labute approximate surface area is 92.3 Å². The van der Waals surface area contributed by atoms with Crippen molar-refractivity contribution in [2.45, 2.75) is 46.6 Å². The van der Waals surface area contributed by atoms with Crippen LogP contribution in [0.5, 0.6) is 0 Å². The average molecular weight is 207 g/mol. The smallest absolute Gasteiger partial charge is 0.115 e. The summed E-state index contributed by atoms with van der Waals surface area (Å²) < 4.78 is 0. The molecule has 0 bridgehead atoms. The molecule has 0 unspecified atom stereocenters. The minimum Gasteiger partial charge on any atom is -0.312 e. The lowest BCUT2D eigenvalue weighted by Gasteiger charge is -2.19. The fraction of sp³-hybridized carbons (Fsp3) is 0.667. The fourth-order valence-electron chi connectivity index (χ4n) is 1.79. The number of fused-ring (bicyclic) bond motifs is 1. The third-order valence-electron chi connectivity index (χ3n) is 2.46. The molecule has 1 aliphatic rings. The topological polar surface area (TPSA) is 37.8 Å². The summed E-state index contributed by atoms with van der Waals surface area (Å²) in [5.41, 5.74) is 3.76. The molecule has 0 atom stereocenters. The van der Waals surface area contributed by atoms with Gasteiger partial charge in [0.2, 0.25) is 0 Å². The zero-order chi connectivity index (χ0) is 11.3. The Hall–Kier alpha value is -0.960. The van der Waals surface area contributed by atoms with Crippen LogP contribution in [0.25, 0.3) is 0 Å². The van der Waals surface area contributed by atoms with Crippen molar-refractivity contribution in [3.8, 4) is 0 Å². The van der Waals surface area contributed by atoms with Gasteiger partial charge in [-0.2, -0.15) is 0 Å². The van der Waals surface area contributed by atoms with Gasteiger partial charge < -0.3 is 5.32 Å². The van der Waals surface area contributed by atoms with E-state index in [1.165, 1.54) is 17.0 Å². The predicted molar refractivity (Wildman–Crippen MR) is 62.9 cm³/mol. The number of aromatic nitrogens is 2. The zero-order valence-electron chi connectivity index (χ0n) is 10.2. The van der Waals surface area contributed by atoms with Gasteiger partial charge in [0.1, 0.15) is 6.33 Å². The molecule has 0 saturated carbocycles. The molecule has 1 aromatic rings. The molecule has 0 spiro atoms. The lowest BCUT2D eigenvalue weighted by Crippen LogP contribution is -2.26. The molecule has 0 aromatic carbocycles. The molecule has 3 heteroatoms. The largest absolute Gasteiger partial charge is 0.312 e. The fourth-order valence-corrected chi connectivity index (χ4v) is 1.79. The van der Waals surface area contributed by atoms with Gasteiger partial charge in [-0.1, -0.05) is 27.7 Å². The predicted octanol–water partition coefficient (Wildman–Crippen LogP) is 2.27. The Morgan fingerprint density at radius 1 is 1.27 bits per heavy atom. The number of hydrogen-bond donors (Lipinski definition) is 1. The highest BCUT2D eigenvalue weighted by Crippen LogP contribution is 2.20. The van der Waals surface area contributed by atoms with Gasteiger partial charge in [0.25, 0.3) is 0 Å². The van der Waals surface area contributed by atoms with Gasteiger partial charge in [-0.15, -0.1) is 0 Å². The van der Waals surface area contributed by atoms with Gasteiger partial charge in [0, 0.05) is 30.8 Å². The molecule has 0 amide bonds. The van der Waals surface area contributed by atoms with E-state index in [1.807, 2.05) is 13.8 Å². The van der Waals surface area contributed by atoms with Gasteiger partial charge in [-0.25, -0.2) is 9.97 Å². The molecular weight excluding hydrogens is 186 g/mol. The Bertz CT molecular complexity index is 308. The van der Waals surface area contributed by atoms with E-state index in [1.54, 1.807) is 6.33 Å². The van der Waals surface area contributed by atoms with Crippen LogP contribution in [0.4, 0.5) is 0 Å². The first kappa shape index (κ1) is 12.1. The summed E-state index contributed by atoms with van der Waals surface area (Å²) in [6.45, 7) is 10.3. The van der Waals surface area contributed by atoms with E-state index in [-0.39, 0.29) is 0 Å². The lowest BCUT2D eigenvalue weighted by atomic mass is 9.99. The molecule has 1 aromatic heterocycles. The van der Waals surface area contributed by atoms with E-state index in [0.717, 1.165) is 19.5 Å². The number of hydrogen-bond acceptors (Lipinski definition) is 3. The number of rotatable bonds is 1. The molecule has 0 radical (unpaired) electrons. The lowest BCUT2D eigenvalue weighted by molar-refractivity contribution is 0.608. The molecular formula is C12H21N3. The second kappa shape index (κ2) is 5.81. The second-order valence-corrected chi connectivity index (χ2v) is 3.77. The second-order valence-electron chi connectivity index (χ2n) is 3.77. The summed E-state index contributed by atoms with van der Waals surface area (Å²) in [5, 5.41) is 3.36. The normalized spacial score (nSPS) is 14.2. The molecule has 1 N–H and O–H groups in total. The van der Waals surface area contributed by atoms with Crippen molar-refractivity contribution >= 4 is 0 Å². The van der Waals surface area contributed by atoms with Gasteiger partial charge in [0.15, 0.2) is 0 Å².